The van der Waals surface area contributed by atoms with E-state index in [9.17, 15) is 8.42 Å². The molecule has 1 aromatic rings. The molecule has 1 aliphatic carbocycles. The van der Waals surface area contributed by atoms with Crippen molar-refractivity contribution in [2.45, 2.75) is 43.3 Å². The Balaban J connectivity index is 1.33. The van der Waals surface area contributed by atoms with Crippen LogP contribution < -0.4 is 0 Å². The van der Waals surface area contributed by atoms with Crippen LogP contribution in [0.15, 0.2) is 24.5 Å². The summed E-state index contributed by atoms with van der Waals surface area (Å²) in [6.07, 6.45) is 6.36. The molecular weight excluding hydrogens is 314 g/mol. The van der Waals surface area contributed by atoms with Crippen LogP contribution >= 0.6 is 0 Å². The van der Waals surface area contributed by atoms with Crippen molar-refractivity contribution in [3.63, 3.8) is 0 Å². The second-order valence-electron chi connectivity index (χ2n) is 6.78. The first-order chi connectivity index (χ1) is 11.1. The molecule has 2 unspecified atom stereocenters. The zero-order chi connectivity index (χ0) is 15.9. The summed E-state index contributed by atoms with van der Waals surface area (Å²) in [5.41, 5.74) is 1.08. The average molecular weight is 337 g/mol. The molecule has 0 aromatic carbocycles. The van der Waals surface area contributed by atoms with Gasteiger partial charge in [-0.2, -0.15) is 4.31 Å². The summed E-state index contributed by atoms with van der Waals surface area (Å²) < 4.78 is 32.5. The predicted octanol–water partition coefficient (Wildman–Crippen LogP) is 0.849. The van der Waals surface area contributed by atoms with Crippen molar-refractivity contribution in [3.05, 3.63) is 30.1 Å². The van der Waals surface area contributed by atoms with E-state index in [2.05, 4.69) is 9.88 Å². The highest BCUT2D eigenvalue weighted by Crippen LogP contribution is 2.33. The van der Waals surface area contributed by atoms with E-state index < -0.39 is 10.0 Å². The number of aromatic nitrogens is 1. The quantitative estimate of drug-likeness (QED) is 0.797. The highest BCUT2D eigenvalue weighted by molar-refractivity contribution is 7.90. The van der Waals surface area contributed by atoms with Gasteiger partial charge >= 0.3 is 0 Å². The molecule has 1 saturated carbocycles. The van der Waals surface area contributed by atoms with Crippen LogP contribution in [0.1, 0.15) is 24.8 Å². The molecule has 1 aromatic heterocycles. The van der Waals surface area contributed by atoms with E-state index in [4.69, 9.17) is 4.74 Å². The normalized spacial score (nSPS) is 29.6. The molecule has 126 valence electrons. The Hall–Kier alpha value is -1.02. The average Bonchev–Trinajstić information content (AvgIpc) is 3.34. The molecule has 0 radical (unpaired) electrons. The SMILES string of the molecule is O=S(=O)(C1CC1)N1CCN2CC(OCc3cccnc3)CC2C1. The van der Waals surface area contributed by atoms with Gasteiger partial charge in [-0.3, -0.25) is 9.88 Å². The number of nitrogens with zero attached hydrogens (tertiary/aromatic N) is 3. The minimum Gasteiger partial charge on any atom is -0.372 e. The highest BCUT2D eigenvalue weighted by Gasteiger charge is 2.45. The second kappa shape index (κ2) is 6.12. The van der Waals surface area contributed by atoms with E-state index in [0.717, 1.165) is 37.9 Å². The highest BCUT2D eigenvalue weighted by atomic mass is 32.2. The zero-order valence-corrected chi connectivity index (χ0v) is 14.0. The van der Waals surface area contributed by atoms with Gasteiger partial charge in [0.15, 0.2) is 0 Å². The fourth-order valence-corrected chi connectivity index (χ4v) is 5.46. The maximum Gasteiger partial charge on any atom is 0.217 e. The van der Waals surface area contributed by atoms with Crippen molar-refractivity contribution in [2.75, 3.05) is 26.2 Å². The van der Waals surface area contributed by atoms with E-state index in [-0.39, 0.29) is 11.4 Å². The van der Waals surface area contributed by atoms with Crippen LogP contribution in [0.2, 0.25) is 0 Å². The third kappa shape index (κ3) is 3.28. The van der Waals surface area contributed by atoms with Gasteiger partial charge in [0.1, 0.15) is 0 Å². The van der Waals surface area contributed by atoms with Gasteiger partial charge in [0.25, 0.3) is 0 Å². The Morgan fingerprint density at radius 3 is 2.87 bits per heavy atom. The van der Waals surface area contributed by atoms with Crippen molar-refractivity contribution in [3.8, 4) is 0 Å². The standard InChI is InChI=1S/C16H23N3O3S/c20-23(21,16-3-4-16)19-7-6-18-11-15(8-14(18)10-19)22-12-13-2-1-5-17-9-13/h1-2,5,9,14-16H,3-4,6-8,10-12H2. The monoisotopic (exact) mass is 337 g/mol. The number of sulfonamides is 1. The lowest BCUT2D eigenvalue weighted by Crippen LogP contribution is -2.52. The van der Waals surface area contributed by atoms with Crippen molar-refractivity contribution in [1.82, 2.24) is 14.2 Å². The smallest absolute Gasteiger partial charge is 0.217 e. The lowest BCUT2D eigenvalue weighted by Gasteiger charge is -2.36. The Morgan fingerprint density at radius 1 is 1.26 bits per heavy atom. The number of rotatable bonds is 5. The molecule has 2 saturated heterocycles. The number of fused-ring (bicyclic) bond motifs is 1. The molecule has 0 amide bonds. The lowest BCUT2D eigenvalue weighted by atomic mass is 10.1. The Bertz CT molecular complexity index is 648. The van der Waals surface area contributed by atoms with Crippen LogP contribution in [0.4, 0.5) is 0 Å². The van der Waals surface area contributed by atoms with Gasteiger partial charge in [0, 0.05) is 44.6 Å². The minimum atomic E-state index is -3.04. The maximum absolute atomic E-state index is 12.4. The van der Waals surface area contributed by atoms with Crippen LogP contribution in [0, 0.1) is 0 Å². The summed E-state index contributed by atoms with van der Waals surface area (Å²) in [4.78, 5) is 6.48. The minimum absolute atomic E-state index is 0.104. The molecule has 0 N–H and O–H groups in total. The van der Waals surface area contributed by atoms with Crippen molar-refractivity contribution >= 4 is 10.0 Å². The molecule has 3 fully saturated rings. The van der Waals surface area contributed by atoms with Crippen LogP contribution in [0.5, 0.6) is 0 Å². The van der Waals surface area contributed by atoms with Gasteiger partial charge in [0.05, 0.1) is 18.0 Å². The Labute approximate surface area is 137 Å². The van der Waals surface area contributed by atoms with E-state index in [1.807, 2.05) is 18.3 Å². The fraction of sp³-hybridized carbons (Fsp3) is 0.688. The number of hydrogen-bond donors (Lipinski definition) is 0. The third-order valence-electron chi connectivity index (χ3n) is 5.05. The van der Waals surface area contributed by atoms with Crippen molar-refractivity contribution in [1.29, 1.82) is 0 Å². The molecule has 4 rings (SSSR count). The van der Waals surface area contributed by atoms with E-state index in [0.29, 0.717) is 25.7 Å². The molecule has 3 heterocycles. The number of piperazine rings is 1. The molecule has 0 spiro atoms. The maximum atomic E-state index is 12.4. The summed E-state index contributed by atoms with van der Waals surface area (Å²) >= 11 is 0. The summed E-state index contributed by atoms with van der Waals surface area (Å²) in [5, 5.41) is -0.104. The zero-order valence-electron chi connectivity index (χ0n) is 13.2. The lowest BCUT2D eigenvalue weighted by molar-refractivity contribution is 0.0465. The molecular formula is C16H23N3O3S. The van der Waals surface area contributed by atoms with Crippen molar-refractivity contribution < 1.29 is 13.2 Å². The van der Waals surface area contributed by atoms with Crippen LogP contribution in [-0.2, 0) is 21.4 Å². The first-order valence-electron chi connectivity index (χ1n) is 8.36. The first kappa shape index (κ1) is 15.5. The number of hydrogen-bond acceptors (Lipinski definition) is 5. The Morgan fingerprint density at radius 2 is 2.13 bits per heavy atom. The summed E-state index contributed by atoms with van der Waals surface area (Å²) in [6, 6.07) is 4.23. The fourth-order valence-electron chi connectivity index (χ4n) is 3.59. The van der Waals surface area contributed by atoms with Gasteiger partial charge in [-0.15, -0.1) is 0 Å². The van der Waals surface area contributed by atoms with E-state index >= 15 is 0 Å². The van der Waals surface area contributed by atoms with Gasteiger partial charge in [-0.1, -0.05) is 6.07 Å². The van der Waals surface area contributed by atoms with Gasteiger partial charge in [-0.05, 0) is 30.9 Å². The Kier molecular flexibility index (Phi) is 4.13. The third-order valence-corrected chi connectivity index (χ3v) is 7.42. The van der Waals surface area contributed by atoms with Gasteiger partial charge in [-0.25, -0.2) is 8.42 Å². The predicted molar refractivity (Wildman–Crippen MR) is 86.3 cm³/mol. The van der Waals surface area contributed by atoms with Crippen LogP contribution in [0.25, 0.3) is 0 Å². The van der Waals surface area contributed by atoms with Gasteiger partial charge < -0.3 is 4.74 Å². The van der Waals surface area contributed by atoms with Crippen LogP contribution in [-0.4, -0.2) is 66.2 Å². The molecule has 2 aliphatic heterocycles. The van der Waals surface area contributed by atoms with Crippen molar-refractivity contribution in [2.24, 2.45) is 0 Å². The number of pyridine rings is 1. The number of ether oxygens (including phenoxy) is 1. The first-order valence-corrected chi connectivity index (χ1v) is 9.87. The second-order valence-corrected chi connectivity index (χ2v) is 8.99. The summed E-state index contributed by atoms with van der Waals surface area (Å²) in [6.45, 7) is 3.56. The largest absolute Gasteiger partial charge is 0.372 e. The van der Waals surface area contributed by atoms with E-state index in [1.54, 1.807) is 10.5 Å². The van der Waals surface area contributed by atoms with E-state index in [1.165, 1.54) is 0 Å². The summed E-state index contributed by atoms with van der Waals surface area (Å²) in [5.74, 6) is 0. The molecule has 23 heavy (non-hydrogen) atoms. The molecule has 0 bridgehead atoms. The molecule has 3 aliphatic rings. The topological polar surface area (TPSA) is 62.7 Å². The van der Waals surface area contributed by atoms with Gasteiger partial charge in [0.2, 0.25) is 10.0 Å². The molecule has 7 heteroatoms. The summed E-state index contributed by atoms with van der Waals surface area (Å²) in [7, 11) is -3.04. The molecule has 6 nitrogen and oxygen atoms in total. The van der Waals surface area contributed by atoms with Crippen LogP contribution in [0.3, 0.4) is 0 Å². The molecule has 2 atom stereocenters.